The molecular formula is C20H31N3O2. The van der Waals surface area contributed by atoms with Crippen LogP contribution in [0.25, 0.3) is 0 Å². The zero-order valence-electron chi connectivity index (χ0n) is 16.1. The van der Waals surface area contributed by atoms with E-state index in [1.165, 1.54) is 0 Å². The molecule has 1 heterocycles. The zero-order chi connectivity index (χ0) is 18.6. The van der Waals surface area contributed by atoms with Crippen LogP contribution in [0.3, 0.4) is 0 Å². The van der Waals surface area contributed by atoms with Crippen molar-refractivity contribution in [2.75, 3.05) is 32.0 Å². The number of piperidine rings is 1. The molecule has 1 aromatic rings. The molecule has 3 amide bonds. The number of carbonyl (C=O) groups excluding carboxylic acids is 2. The Morgan fingerprint density at radius 2 is 1.92 bits per heavy atom. The molecule has 1 saturated heterocycles. The lowest BCUT2D eigenvalue weighted by Crippen LogP contribution is -2.38. The Balaban J connectivity index is 2.02. The first-order valence-electron chi connectivity index (χ1n) is 9.20. The summed E-state index contributed by atoms with van der Waals surface area (Å²) in [5.74, 6) is 1.21. The lowest BCUT2D eigenvalue weighted by Gasteiger charge is -2.30. The van der Waals surface area contributed by atoms with E-state index in [0.717, 1.165) is 37.2 Å². The minimum atomic E-state index is -0.124. The number of benzene rings is 1. The molecule has 1 N–H and O–H groups in total. The second kappa shape index (κ2) is 8.37. The van der Waals surface area contributed by atoms with E-state index in [2.05, 4.69) is 26.1 Å². The number of likely N-dealkylation sites (tertiary alicyclic amines) is 1. The Kier molecular flexibility index (Phi) is 6.45. The first kappa shape index (κ1) is 19.3. The Morgan fingerprint density at radius 1 is 1.28 bits per heavy atom. The highest BCUT2D eigenvalue weighted by molar-refractivity contribution is 5.96. The van der Waals surface area contributed by atoms with Gasteiger partial charge in [-0.15, -0.1) is 0 Å². The monoisotopic (exact) mass is 345 g/mol. The minimum Gasteiger partial charge on any atom is -0.339 e. The predicted octanol–water partition coefficient (Wildman–Crippen LogP) is 3.99. The van der Waals surface area contributed by atoms with Gasteiger partial charge in [0.05, 0.1) is 0 Å². The summed E-state index contributed by atoms with van der Waals surface area (Å²) < 4.78 is 0. The van der Waals surface area contributed by atoms with Gasteiger partial charge in [-0.25, -0.2) is 4.79 Å². The second-order valence-electron chi connectivity index (χ2n) is 7.71. The maximum Gasteiger partial charge on any atom is 0.321 e. The van der Waals surface area contributed by atoms with Crippen molar-refractivity contribution in [3.63, 3.8) is 0 Å². The first-order chi connectivity index (χ1) is 11.8. The molecule has 0 aromatic heterocycles. The Morgan fingerprint density at radius 3 is 2.48 bits per heavy atom. The van der Waals surface area contributed by atoms with Crippen molar-refractivity contribution in [1.82, 2.24) is 9.80 Å². The summed E-state index contributed by atoms with van der Waals surface area (Å²) in [4.78, 5) is 28.5. The van der Waals surface area contributed by atoms with Gasteiger partial charge in [-0.2, -0.15) is 0 Å². The van der Waals surface area contributed by atoms with E-state index < -0.39 is 0 Å². The largest absolute Gasteiger partial charge is 0.339 e. The minimum absolute atomic E-state index is 0.0878. The van der Waals surface area contributed by atoms with Crippen LogP contribution in [-0.4, -0.2) is 48.4 Å². The fourth-order valence-corrected chi connectivity index (χ4v) is 3.17. The maximum absolute atomic E-state index is 12.7. The summed E-state index contributed by atoms with van der Waals surface area (Å²) >= 11 is 0. The number of nitrogens with one attached hydrogen (secondary N) is 1. The summed E-state index contributed by atoms with van der Waals surface area (Å²) in [5.41, 5.74) is 2.35. The molecule has 5 heteroatoms. The third-order valence-corrected chi connectivity index (χ3v) is 4.77. The van der Waals surface area contributed by atoms with Gasteiger partial charge in [0.2, 0.25) is 0 Å². The van der Waals surface area contributed by atoms with Gasteiger partial charge in [0.1, 0.15) is 0 Å². The van der Waals surface area contributed by atoms with Crippen LogP contribution in [0.5, 0.6) is 0 Å². The average molecular weight is 345 g/mol. The molecule has 138 valence electrons. The molecule has 0 bridgehead atoms. The van der Waals surface area contributed by atoms with Crippen molar-refractivity contribution in [3.8, 4) is 0 Å². The van der Waals surface area contributed by atoms with Crippen LogP contribution < -0.4 is 5.32 Å². The number of aryl methyl sites for hydroxylation is 1. The number of anilines is 1. The fourth-order valence-electron chi connectivity index (χ4n) is 3.17. The van der Waals surface area contributed by atoms with Gasteiger partial charge in [0.25, 0.3) is 5.91 Å². The zero-order valence-corrected chi connectivity index (χ0v) is 16.1. The number of hydrogen-bond donors (Lipinski definition) is 1. The normalized spacial score (nSPS) is 15.4. The van der Waals surface area contributed by atoms with Gasteiger partial charge in [0, 0.05) is 37.9 Å². The molecule has 25 heavy (non-hydrogen) atoms. The predicted molar refractivity (Wildman–Crippen MR) is 102 cm³/mol. The quantitative estimate of drug-likeness (QED) is 0.897. The number of urea groups is 1. The molecule has 0 saturated carbocycles. The first-order valence-corrected chi connectivity index (χ1v) is 9.20. The molecule has 1 fully saturated rings. The number of rotatable bonds is 4. The number of hydrogen-bond acceptors (Lipinski definition) is 2. The highest BCUT2D eigenvalue weighted by Crippen LogP contribution is 2.21. The molecule has 2 rings (SSSR count). The van der Waals surface area contributed by atoms with E-state index in [1.807, 2.05) is 30.0 Å². The van der Waals surface area contributed by atoms with Crippen LogP contribution in [0.2, 0.25) is 0 Å². The van der Waals surface area contributed by atoms with E-state index in [0.29, 0.717) is 23.9 Å². The van der Waals surface area contributed by atoms with Crippen molar-refractivity contribution in [1.29, 1.82) is 0 Å². The molecule has 1 aliphatic rings. The van der Waals surface area contributed by atoms with E-state index in [1.54, 1.807) is 11.9 Å². The van der Waals surface area contributed by atoms with E-state index in [9.17, 15) is 9.59 Å². The fraction of sp³-hybridized carbons (Fsp3) is 0.600. The smallest absolute Gasteiger partial charge is 0.321 e. The van der Waals surface area contributed by atoms with Crippen molar-refractivity contribution in [2.24, 2.45) is 11.8 Å². The van der Waals surface area contributed by atoms with Gasteiger partial charge >= 0.3 is 6.03 Å². The Labute approximate surface area is 151 Å². The molecule has 0 spiro atoms. The summed E-state index contributed by atoms with van der Waals surface area (Å²) in [6.07, 6.45) is 2.14. The molecule has 0 unspecified atom stereocenters. The molecule has 0 atom stereocenters. The lowest BCUT2D eigenvalue weighted by molar-refractivity contribution is 0.0697. The molecule has 1 aromatic carbocycles. The van der Waals surface area contributed by atoms with E-state index in [-0.39, 0.29) is 11.9 Å². The van der Waals surface area contributed by atoms with E-state index >= 15 is 0 Å². The van der Waals surface area contributed by atoms with Crippen LogP contribution in [-0.2, 0) is 0 Å². The average Bonchev–Trinajstić information content (AvgIpc) is 2.56. The molecule has 0 radical (unpaired) electrons. The van der Waals surface area contributed by atoms with Crippen LogP contribution in [0.1, 0.15) is 49.5 Å². The van der Waals surface area contributed by atoms with Crippen LogP contribution in [0.15, 0.2) is 18.2 Å². The molecule has 1 aliphatic heterocycles. The Hall–Kier alpha value is -2.04. The number of carbonyl (C=O) groups is 2. The number of nitrogens with zero attached hydrogens (tertiary/aromatic N) is 2. The third kappa shape index (κ3) is 5.21. The summed E-state index contributed by atoms with van der Waals surface area (Å²) in [6.45, 7) is 10.7. The van der Waals surface area contributed by atoms with Crippen molar-refractivity contribution in [2.45, 2.75) is 40.5 Å². The van der Waals surface area contributed by atoms with Gasteiger partial charge in [0.15, 0.2) is 0 Å². The standard InChI is InChI=1S/C20H31N3O2/c1-14(2)13-22(5)20(25)21-18-7-6-17(12-16(18)4)19(24)23-10-8-15(3)9-11-23/h6-7,12,14-15H,8-11,13H2,1-5H3,(H,21,25). The SMILES string of the molecule is Cc1cc(C(=O)N2CCC(C)CC2)ccc1NC(=O)N(C)CC(C)C. The van der Waals surface area contributed by atoms with Gasteiger partial charge in [-0.3, -0.25) is 4.79 Å². The highest BCUT2D eigenvalue weighted by atomic mass is 16.2. The van der Waals surface area contributed by atoms with Gasteiger partial charge in [-0.05, 0) is 55.4 Å². The number of amides is 3. The van der Waals surface area contributed by atoms with Gasteiger partial charge in [-0.1, -0.05) is 20.8 Å². The maximum atomic E-state index is 12.7. The van der Waals surface area contributed by atoms with E-state index in [4.69, 9.17) is 0 Å². The molecular weight excluding hydrogens is 314 g/mol. The topological polar surface area (TPSA) is 52.7 Å². The van der Waals surface area contributed by atoms with Crippen LogP contribution in [0, 0.1) is 18.8 Å². The third-order valence-electron chi connectivity index (χ3n) is 4.77. The molecule has 0 aliphatic carbocycles. The van der Waals surface area contributed by atoms with Crippen molar-refractivity contribution >= 4 is 17.6 Å². The van der Waals surface area contributed by atoms with Gasteiger partial charge < -0.3 is 15.1 Å². The highest BCUT2D eigenvalue weighted by Gasteiger charge is 2.22. The Bertz CT molecular complexity index is 619. The summed E-state index contributed by atoms with van der Waals surface area (Å²) in [5, 5.41) is 2.93. The van der Waals surface area contributed by atoms with Crippen LogP contribution in [0.4, 0.5) is 10.5 Å². The summed E-state index contributed by atoms with van der Waals surface area (Å²) in [7, 11) is 1.79. The second-order valence-corrected chi connectivity index (χ2v) is 7.71. The lowest BCUT2D eigenvalue weighted by atomic mass is 9.98. The van der Waals surface area contributed by atoms with Crippen molar-refractivity contribution in [3.05, 3.63) is 29.3 Å². The van der Waals surface area contributed by atoms with Crippen LogP contribution >= 0.6 is 0 Å². The summed E-state index contributed by atoms with van der Waals surface area (Å²) in [6, 6.07) is 5.39. The van der Waals surface area contributed by atoms with Crippen molar-refractivity contribution < 1.29 is 9.59 Å². The molecule has 5 nitrogen and oxygen atoms in total.